The van der Waals surface area contributed by atoms with Crippen LogP contribution in [0.3, 0.4) is 0 Å². The molecule has 0 spiro atoms. The minimum atomic E-state index is -0.696. The zero-order valence-corrected chi connectivity index (χ0v) is 11.5. The highest BCUT2D eigenvalue weighted by atomic mass is 32.2. The van der Waals surface area contributed by atoms with Crippen molar-refractivity contribution < 1.29 is 13.9 Å². The third-order valence-corrected chi connectivity index (χ3v) is 3.37. The number of halogens is 1. The molecule has 0 N–H and O–H groups in total. The highest BCUT2D eigenvalue weighted by Gasteiger charge is 2.16. The number of thioether (sulfide) groups is 1. The first-order chi connectivity index (χ1) is 7.47. The average molecular weight is 250 g/mol. The van der Waals surface area contributed by atoms with Crippen LogP contribution in [-0.2, 0) is 9.53 Å². The zero-order chi connectivity index (χ0) is 12.6. The van der Waals surface area contributed by atoms with Gasteiger partial charge >= 0.3 is 5.97 Å². The molecule has 0 amide bonds. The van der Waals surface area contributed by atoms with E-state index in [4.69, 9.17) is 4.74 Å². The molecule has 0 saturated heterocycles. The fourth-order valence-corrected chi connectivity index (χ4v) is 2.04. The van der Waals surface area contributed by atoms with Gasteiger partial charge in [0.25, 0.3) is 0 Å². The van der Waals surface area contributed by atoms with Gasteiger partial charge in [-0.15, -0.1) is 11.8 Å². The van der Waals surface area contributed by atoms with Gasteiger partial charge in [0.05, 0.1) is 17.5 Å². The molecule has 2 unspecified atom stereocenters. The SMILES string of the molecule is CCC(F)CCCSC(C)C(=O)OC(C)C. The lowest BCUT2D eigenvalue weighted by atomic mass is 10.2. The Labute approximate surface area is 102 Å². The van der Waals surface area contributed by atoms with Gasteiger partial charge in [-0.2, -0.15) is 0 Å². The third-order valence-electron chi connectivity index (χ3n) is 2.16. The van der Waals surface area contributed by atoms with Gasteiger partial charge in [0.1, 0.15) is 0 Å². The first-order valence-electron chi connectivity index (χ1n) is 5.93. The van der Waals surface area contributed by atoms with Crippen molar-refractivity contribution in [2.24, 2.45) is 0 Å². The molecule has 0 aromatic rings. The summed E-state index contributed by atoms with van der Waals surface area (Å²) in [6.07, 6.45) is 1.23. The Balaban J connectivity index is 3.57. The molecule has 0 saturated carbocycles. The third kappa shape index (κ3) is 7.97. The second kappa shape index (κ2) is 8.85. The summed E-state index contributed by atoms with van der Waals surface area (Å²) in [5.41, 5.74) is 0. The molecule has 2 atom stereocenters. The molecule has 4 heteroatoms. The summed E-state index contributed by atoms with van der Waals surface area (Å²) in [7, 11) is 0. The Morgan fingerprint density at radius 3 is 2.50 bits per heavy atom. The van der Waals surface area contributed by atoms with Gasteiger partial charge in [-0.05, 0) is 45.8 Å². The van der Waals surface area contributed by atoms with Crippen LogP contribution in [0.2, 0.25) is 0 Å². The maximum Gasteiger partial charge on any atom is 0.319 e. The van der Waals surface area contributed by atoms with Crippen LogP contribution in [0.15, 0.2) is 0 Å². The number of alkyl halides is 1. The van der Waals surface area contributed by atoms with E-state index in [-0.39, 0.29) is 17.3 Å². The zero-order valence-electron chi connectivity index (χ0n) is 10.7. The van der Waals surface area contributed by atoms with Crippen LogP contribution >= 0.6 is 11.8 Å². The van der Waals surface area contributed by atoms with Crippen LogP contribution in [0.5, 0.6) is 0 Å². The van der Waals surface area contributed by atoms with E-state index in [1.165, 1.54) is 11.8 Å². The van der Waals surface area contributed by atoms with Crippen molar-refractivity contribution in [3.63, 3.8) is 0 Å². The van der Waals surface area contributed by atoms with Crippen molar-refractivity contribution in [3.8, 4) is 0 Å². The lowest BCUT2D eigenvalue weighted by Crippen LogP contribution is -2.21. The van der Waals surface area contributed by atoms with Crippen LogP contribution in [-0.4, -0.2) is 29.2 Å². The fraction of sp³-hybridized carbons (Fsp3) is 0.917. The van der Waals surface area contributed by atoms with E-state index in [1.807, 2.05) is 27.7 Å². The van der Waals surface area contributed by atoms with Crippen molar-refractivity contribution in [1.82, 2.24) is 0 Å². The standard InChI is InChI=1S/C12H23FO2S/c1-5-11(13)7-6-8-16-10(4)12(14)15-9(2)3/h9-11H,5-8H2,1-4H3. The second-order valence-corrected chi connectivity index (χ2v) is 5.60. The van der Waals surface area contributed by atoms with Crippen molar-refractivity contribution in [3.05, 3.63) is 0 Å². The number of ether oxygens (including phenoxy) is 1. The van der Waals surface area contributed by atoms with Crippen molar-refractivity contribution in [1.29, 1.82) is 0 Å². The summed E-state index contributed by atoms with van der Waals surface area (Å²) in [6.45, 7) is 7.36. The van der Waals surface area contributed by atoms with E-state index in [9.17, 15) is 9.18 Å². The van der Waals surface area contributed by atoms with Gasteiger partial charge in [0.2, 0.25) is 0 Å². The molecule has 0 aliphatic heterocycles. The number of hydrogen-bond acceptors (Lipinski definition) is 3. The maximum absolute atomic E-state index is 12.9. The summed E-state index contributed by atoms with van der Waals surface area (Å²) in [4.78, 5) is 11.4. The Morgan fingerprint density at radius 2 is 2.00 bits per heavy atom. The first kappa shape index (κ1) is 15.8. The van der Waals surface area contributed by atoms with Gasteiger partial charge in [0.15, 0.2) is 0 Å². The minimum absolute atomic E-state index is 0.0640. The number of rotatable bonds is 8. The predicted molar refractivity (Wildman–Crippen MR) is 67.6 cm³/mol. The summed E-state index contributed by atoms with van der Waals surface area (Å²) in [5, 5.41) is -0.151. The second-order valence-electron chi connectivity index (χ2n) is 4.15. The predicted octanol–water partition coefficient (Wildman–Crippen LogP) is 3.59. The van der Waals surface area contributed by atoms with E-state index >= 15 is 0 Å². The van der Waals surface area contributed by atoms with Crippen LogP contribution in [0, 0.1) is 0 Å². The summed E-state index contributed by atoms with van der Waals surface area (Å²) in [5.74, 6) is 0.640. The maximum atomic E-state index is 12.9. The number of esters is 1. The number of carbonyl (C=O) groups excluding carboxylic acids is 1. The first-order valence-corrected chi connectivity index (χ1v) is 6.98. The normalized spacial score (nSPS) is 14.9. The van der Waals surface area contributed by atoms with Gasteiger partial charge in [0, 0.05) is 0 Å². The van der Waals surface area contributed by atoms with Crippen molar-refractivity contribution in [2.45, 2.75) is 64.5 Å². The topological polar surface area (TPSA) is 26.3 Å². The van der Waals surface area contributed by atoms with E-state index in [1.54, 1.807) is 0 Å². The average Bonchev–Trinajstić information content (AvgIpc) is 2.22. The van der Waals surface area contributed by atoms with Crippen LogP contribution < -0.4 is 0 Å². The number of hydrogen-bond donors (Lipinski definition) is 0. The molecule has 0 fully saturated rings. The fourth-order valence-electron chi connectivity index (χ4n) is 1.17. The molecule has 16 heavy (non-hydrogen) atoms. The monoisotopic (exact) mass is 250 g/mol. The molecule has 0 aliphatic carbocycles. The molecule has 0 aliphatic rings. The highest BCUT2D eigenvalue weighted by Crippen LogP contribution is 2.16. The smallest absolute Gasteiger partial charge is 0.319 e. The molecular formula is C12H23FO2S. The molecular weight excluding hydrogens is 227 g/mol. The van der Waals surface area contributed by atoms with Gasteiger partial charge in [-0.25, -0.2) is 4.39 Å². The summed E-state index contributed by atoms with van der Waals surface area (Å²) < 4.78 is 18.0. The van der Waals surface area contributed by atoms with E-state index in [0.29, 0.717) is 12.8 Å². The molecule has 2 nitrogen and oxygen atoms in total. The largest absolute Gasteiger partial charge is 0.462 e. The van der Waals surface area contributed by atoms with E-state index in [0.717, 1.165) is 12.2 Å². The Hall–Kier alpha value is -0.250. The Morgan fingerprint density at radius 1 is 1.38 bits per heavy atom. The minimum Gasteiger partial charge on any atom is -0.462 e. The molecule has 0 aromatic carbocycles. The number of carbonyl (C=O) groups is 1. The molecule has 0 heterocycles. The Bertz CT molecular complexity index is 197. The molecule has 96 valence electrons. The highest BCUT2D eigenvalue weighted by molar-refractivity contribution is 8.00. The summed E-state index contributed by atoms with van der Waals surface area (Å²) in [6, 6.07) is 0. The van der Waals surface area contributed by atoms with Crippen LogP contribution in [0.25, 0.3) is 0 Å². The van der Waals surface area contributed by atoms with Gasteiger partial charge in [-0.1, -0.05) is 6.92 Å². The molecule has 0 radical (unpaired) electrons. The van der Waals surface area contributed by atoms with Crippen molar-refractivity contribution in [2.75, 3.05) is 5.75 Å². The van der Waals surface area contributed by atoms with E-state index < -0.39 is 6.17 Å². The van der Waals surface area contributed by atoms with E-state index in [2.05, 4.69) is 0 Å². The molecule has 0 aromatic heterocycles. The molecule has 0 bridgehead atoms. The quantitative estimate of drug-likeness (QED) is 0.486. The summed E-state index contributed by atoms with van der Waals surface area (Å²) >= 11 is 1.54. The van der Waals surface area contributed by atoms with Gasteiger partial charge in [-0.3, -0.25) is 4.79 Å². The van der Waals surface area contributed by atoms with Crippen molar-refractivity contribution >= 4 is 17.7 Å². The lowest BCUT2D eigenvalue weighted by molar-refractivity contribution is -0.146. The van der Waals surface area contributed by atoms with Crippen LogP contribution in [0.1, 0.15) is 47.0 Å². The lowest BCUT2D eigenvalue weighted by Gasteiger charge is -2.13. The van der Waals surface area contributed by atoms with Gasteiger partial charge < -0.3 is 4.74 Å². The molecule has 0 rings (SSSR count). The Kier molecular flexibility index (Phi) is 8.71. The van der Waals surface area contributed by atoms with Crippen LogP contribution in [0.4, 0.5) is 4.39 Å².